The molecule has 3 rings (SSSR count). The number of nitrogens with one attached hydrogen (secondary N) is 2. The minimum absolute atomic E-state index is 0.332. The third-order valence-corrected chi connectivity index (χ3v) is 4.24. The van der Waals surface area contributed by atoms with Crippen LogP contribution in [0, 0.1) is 0 Å². The van der Waals surface area contributed by atoms with E-state index in [9.17, 15) is 0 Å². The first-order valence-electron chi connectivity index (χ1n) is 7.43. The van der Waals surface area contributed by atoms with E-state index < -0.39 is 0 Å². The molecule has 122 valence electrons. The summed E-state index contributed by atoms with van der Waals surface area (Å²) < 4.78 is 0. The zero-order valence-corrected chi connectivity index (χ0v) is 14.4. The molecule has 0 fully saturated rings. The van der Waals surface area contributed by atoms with Crippen LogP contribution >= 0.6 is 23.2 Å². The Hall–Kier alpha value is -2.37. The molecule has 7 heteroatoms. The van der Waals surface area contributed by atoms with Crippen molar-refractivity contribution in [3.8, 4) is 0 Å². The number of rotatable bonds is 5. The highest BCUT2D eigenvalue weighted by Crippen LogP contribution is 2.31. The van der Waals surface area contributed by atoms with Crippen molar-refractivity contribution in [3.05, 3.63) is 64.3 Å². The van der Waals surface area contributed by atoms with Gasteiger partial charge in [0.25, 0.3) is 0 Å². The number of aryl methyl sites for hydroxylation is 1. The zero-order chi connectivity index (χ0) is 16.9. The van der Waals surface area contributed by atoms with Crippen LogP contribution in [-0.4, -0.2) is 15.2 Å². The van der Waals surface area contributed by atoms with E-state index in [0.29, 0.717) is 27.5 Å². The van der Waals surface area contributed by atoms with Gasteiger partial charge < -0.3 is 10.6 Å². The quantitative estimate of drug-likeness (QED) is 0.653. The van der Waals surface area contributed by atoms with Crippen molar-refractivity contribution < 1.29 is 0 Å². The Labute approximate surface area is 150 Å². The topological polar surface area (TPSA) is 62.7 Å². The SMILES string of the molecule is CCc1ccccc1Nc1cnnc(Nc2cccc(Cl)c2Cl)n1. The molecule has 0 atom stereocenters. The van der Waals surface area contributed by atoms with Gasteiger partial charge in [-0.2, -0.15) is 10.1 Å². The summed E-state index contributed by atoms with van der Waals surface area (Å²) in [6.45, 7) is 2.10. The van der Waals surface area contributed by atoms with E-state index in [-0.39, 0.29) is 0 Å². The lowest BCUT2D eigenvalue weighted by molar-refractivity contribution is 0.981. The van der Waals surface area contributed by atoms with E-state index in [1.54, 1.807) is 24.4 Å². The Bertz CT molecular complexity index is 854. The summed E-state index contributed by atoms with van der Waals surface area (Å²) in [5, 5.41) is 15.1. The number of para-hydroxylation sites is 1. The van der Waals surface area contributed by atoms with Gasteiger partial charge in [0, 0.05) is 5.69 Å². The Balaban J connectivity index is 1.83. The van der Waals surface area contributed by atoms with Crippen molar-refractivity contribution in [2.24, 2.45) is 0 Å². The molecule has 2 N–H and O–H groups in total. The van der Waals surface area contributed by atoms with Crippen LogP contribution in [0.25, 0.3) is 0 Å². The molecule has 0 saturated carbocycles. The molecule has 0 saturated heterocycles. The summed E-state index contributed by atoms with van der Waals surface area (Å²) in [6, 6.07) is 13.4. The van der Waals surface area contributed by atoms with E-state index in [4.69, 9.17) is 23.2 Å². The highest BCUT2D eigenvalue weighted by Gasteiger charge is 2.08. The Kier molecular flexibility index (Phi) is 5.13. The highest BCUT2D eigenvalue weighted by molar-refractivity contribution is 6.43. The molecule has 0 aliphatic carbocycles. The average molecular weight is 360 g/mol. The first-order chi connectivity index (χ1) is 11.7. The molecule has 0 radical (unpaired) electrons. The summed E-state index contributed by atoms with van der Waals surface area (Å²) in [4.78, 5) is 4.41. The van der Waals surface area contributed by atoms with Crippen molar-refractivity contribution in [2.75, 3.05) is 10.6 Å². The van der Waals surface area contributed by atoms with Crippen LogP contribution in [0.4, 0.5) is 23.1 Å². The van der Waals surface area contributed by atoms with Gasteiger partial charge in [0.2, 0.25) is 5.95 Å². The number of hydrogen-bond donors (Lipinski definition) is 2. The van der Waals surface area contributed by atoms with E-state index in [1.807, 2.05) is 18.2 Å². The van der Waals surface area contributed by atoms with Crippen LogP contribution in [0.3, 0.4) is 0 Å². The smallest absolute Gasteiger partial charge is 0.249 e. The van der Waals surface area contributed by atoms with Gasteiger partial charge in [-0.3, -0.25) is 0 Å². The molecule has 0 unspecified atom stereocenters. The Morgan fingerprint density at radius 2 is 1.75 bits per heavy atom. The number of hydrogen-bond acceptors (Lipinski definition) is 5. The number of nitrogens with zero attached hydrogens (tertiary/aromatic N) is 3. The Morgan fingerprint density at radius 3 is 2.58 bits per heavy atom. The summed E-state index contributed by atoms with van der Waals surface area (Å²) in [5.41, 5.74) is 2.81. The normalized spacial score (nSPS) is 10.5. The summed E-state index contributed by atoms with van der Waals surface area (Å²) >= 11 is 12.2. The maximum absolute atomic E-state index is 6.17. The maximum atomic E-state index is 6.17. The second-order valence-electron chi connectivity index (χ2n) is 5.03. The monoisotopic (exact) mass is 359 g/mol. The molecule has 0 spiro atoms. The second kappa shape index (κ2) is 7.47. The van der Waals surface area contributed by atoms with Crippen LogP contribution < -0.4 is 10.6 Å². The van der Waals surface area contributed by atoms with Crippen LogP contribution in [0.1, 0.15) is 12.5 Å². The lowest BCUT2D eigenvalue weighted by Gasteiger charge is -2.11. The standard InChI is InChI=1S/C17H15Cl2N5/c1-2-11-6-3-4-8-13(11)21-15-10-20-24-17(23-15)22-14-9-5-7-12(18)16(14)19/h3-10H,2H2,1H3,(H2,21,22,23,24). The van der Waals surface area contributed by atoms with Gasteiger partial charge in [0.1, 0.15) is 0 Å². The predicted molar refractivity (Wildman–Crippen MR) is 98.7 cm³/mol. The molecule has 24 heavy (non-hydrogen) atoms. The molecule has 0 amide bonds. The summed E-state index contributed by atoms with van der Waals surface area (Å²) in [7, 11) is 0. The molecule has 1 aromatic heterocycles. The van der Waals surface area contributed by atoms with Crippen molar-refractivity contribution in [3.63, 3.8) is 0 Å². The fourth-order valence-electron chi connectivity index (χ4n) is 2.23. The Morgan fingerprint density at radius 1 is 0.958 bits per heavy atom. The van der Waals surface area contributed by atoms with Crippen LogP contribution in [-0.2, 0) is 6.42 Å². The van der Waals surface area contributed by atoms with Gasteiger partial charge >= 0.3 is 0 Å². The zero-order valence-electron chi connectivity index (χ0n) is 12.9. The first-order valence-corrected chi connectivity index (χ1v) is 8.18. The van der Waals surface area contributed by atoms with E-state index in [2.05, 4.69) is 38.8 Å². The van der Waals surface area contributed by atoms with Crippen molar-refractivity contribution in [2.45, 2.75) is 13.3 Å². The number of anilines is 4. The van der Waals surface area contributed by atoms with E-state index >= 15 is 0 Å². The number of aromatic nitrogens is 3. The molecule has 0 aliphatic rings. The molecule has 0 aliphatic heterocycles. The predicted octanol–water partition coefficient (Wildman–Crippen LogP) is 5.23. The van der Waals surface area contributed by atoms with Crippen molar-refractivity contribution >= 4 is 46.3 Å². The lowest BCUT2D eigenvalue weighted by atomic mass is 10.1. The van der Waals surface area contributed by atoms with Gasteiger partial charge in [-0.15, -0.1) is 5.10 Å². The molecular formula is C17H15Cl2N5. The third-order valence-electron chi connectivity index (χ3n) is 3.42. The fraction of sp³-hybridized carbons (Fsp3) is 0.118. The van der Waals surface area contributed by atoms with Gasteiger partial charge in [0.05, 0.1) is 21.9 Å². The lowest BCUT2D eigenvalue weighted by Crippen LogP contribution is -2.03. The second-order valence-corrected chi connectivity index (χ2v) is 5.81. The molecule has 1 heterocycles. The minimum atomic E-state index is 0.332. The van der Waals surface area contributed by atoms with Gasteiger partial charge in [-0.05, 0) is 30.2 Å². The van der Waals surface area contributed by atoms with Crippen LogP contribution in [0.2, 0.25) is 10.0 Å². The number of benzene rings is 2. The van der Waals surface area contributed by atoms with E-state index in [0.717, 1.165) is 12.1 Å². The van der Waals surface area contributed by atoms with Gasteiger partial charge in [-0.1, -0.05) is 54.4 Å². The number of halogens is 2. The fourth-order valence-corrected chi connectivity index (χ4v) is 2.57. The molecular weight excluding hydrogens is 345 g/mol. The largest absolute Gasteiger partial charge is 0.339 e. The average Bonchev–Trinajstić information content (AvgIpc) is 2.60. The van der Waals surface area contributed by atoms with Gasteiger partial charge in [0.15, 0.2) is 5.82 Å². The molecule has 2 aromatic carbocycles. The van der Waals surface area contributed by atoms with E-state index in [1.165, 1.54) is 5.56 Å². The maximum Gasteiger partial charge on any atom is 0.249 e. The third kappa shape index (κ3) is 3.75. The van der Waals surface area contributed by atoms with Crippen LogP contribution in [0.5, 0.6) is 0 Å². The molecule has 5 nitrogen and oxygen atoms in total. The highest BCUT2D eigenvalue weighted by atomic mass is 35.5. The minimum Gasteiger partial charge on any atom is -0.339 e. The summed E-state index contributed by atoms with van der Waals surface area (Å²) in [5.74, 6) is 0.921. The molecule has 0 bridgehead atoms. The molecule has 3 aromatic rings. The first kappa shape index (κ1) is 16.5. The summed E-state index contributed by atoms with van der Waals surface area (Å²) in [6.07, 6.45) is 2.49. The van der Waals surface area contributed by atoms with Crippen molar-refractivity contribution in [1.82, 2.24) is 15.2 Å². The van der Waals surface area contributed by atoms with Crippen molar-refractivity contribution in [1.29, 1.82) is 0 Å². The van der Waals surface area contributed by atoms with Gasteiger partial charge in [-0.25, -0.2) is 0 Å². The van der Waals surface area contributed by atoms with Crippen LogP contribution in [0.15, 0.2) is 48.7 Å².